The van der Waals surface area contributed by atoms with Crippen molar-refractivity contribution in [3.63, 3.8) is 0 Å². The lowest BCUT2D eigenvalue weighted by Gasteiger charge is -2.22. The molecular formula is C19H22N2O2. The van der Waals surface area contributed by atoms with E-state index in [0.29, 0.717) is 0 Å². The van der Waals surface area contributed by atoms with Crippen LogP contribution in [0.15, 0.2) is 54.6 Å². The first-order valence-corrected chi connectivity index (χ1v) is 8.11. The number of nitrogens with one attached hydrogen (secondary N) is 1. The zero-order chi connectivity index (χ0) is 16.1. The smallest absolute Gasteiger partial charge is 0.244 e. The van der Waals surface area contributed by atoms with Gasteiger partial charge in [-0.25, -0.2) is 0 Å². The number of amides is 1. The predicted octanol–water partition coefficient (Wildman–Crippen LogP) is 3.90. The largest absolute Gasteiger partial charge is 0.457 e. The number of para-hydroxylation sites is 1. The Morgan fingerprint density at radius 2 is 1.61 bits per heavy atom. The Morgan fingerprint density at radius 1 is 1.00 bits per heavy atom. The Labute approximate surface area is 137 Å². The molecule has 1 atom stereocenters. The molecule has 0 spiro atoms. The van der Waals surface area contributed by atoms with Crippen LogP contribution in [0.1, 0.15) is 19.8 Å². The van der Waals surface area contributed by atoms with Gasteiger partial charge in [0.05, 0.1) is 0 Å². The van der Waals surface area contributed by atoms with Gasteiger partial charge in [0.15, 0.2) is 0 Å². The average Bonchev–Trinajstić information content (AvgIpc) is 3.11. The molecule has 1 unspecified atom stereocenters. The zero-order valence-electron chi connectivity index (χ0n) is 13.4. The molecule has 0 radical (unpaired) electrons. The number of nitrogens with zero attached hydrogens (tertiary/aromatic N) is 1. The van der Waals surface area contributed by atoms with Crippen molar-refractivity contribution in [2.24, 2.45) is 0 Å². The van der Waals surface area contributed by atoms with Crippen molar-refractivity contribution in [1.29, 1.82) is 0 Å². The molecule has 1 aliphatic rings. The van der Waals surface area contributed by atoms with Gasteiger partial charge in [0.1, 0.15) is 17.5 Å². The molecular weight excluding hydrogens is 288 g/mol. The van der Waals surface area contributed by atoms with Gasteiger partial charge in [-0.05, 0) is 56.2 Å². The third-order valence-electron chi connectivity index (χ3n) is 4.00. The Balaban J connectivity index is 1.57. The van der Waals surface area contributed by atoms with Crippen molar-refractivity contribution in [2.45, 2.75) is 25.8 Å². The molecule has 0 aliphatic carbocycles. The highest BCUT2D eigenvalue weighted by Crippen LogP contribution is 2.23. The minimum absolute atomic E-state index is 0.173. The first kappa shape index (κ1) is 15.4. The van der Waals surface area contributed by atoms with Gasteiger partial charge in [-0.1, -0.05) is 18.2 Å². The van der Waals surface area contributed by atoms with Crippen molar-refractivity contribution in [2.75, 3.05) is 18.4 Å². The normalized spacial score (nSPS) is 15.3. The van der Waals surface area contributed by atoms with Crippen LogP contribution < -0.4 is 10.1 Å². The lowest BCUT2D eigenvalue weighted by atomic mass is 10.2. The third-order valence-corrected chi connectivity index (χ3v) is 4.00. The lowest BCUT2D eigenvalue weighted by molar-refractivity contribution is -0.130. The number of carbonyl (C=O) groups is 1. The standard InChI is InChI=1S/C19H22N2O2/c1-15(19(22)21-13-5-6-14-21)20-16-9-11-18(12-10-16)23-17-7-3-2-4-8-17/h2-4,7-12,15,20H,5-6,13-14H2,1H3. The topological polar surface area (TPSA) is 41.6 Å². The maximum absolute atomic E-state index is 12.3. The molecule has 0 aromatic heterocycles. The van der Waals surface area contributed by atoms with Crippen molar-refractivity contribution < 1.29 is 9.53 Å². The fourth-order valence-corrected chi connectivity index (χ4v) is 2.77. The summed E-state index contributed by atoms with van der Waals surface area (Å²) in [6.45, 7) is 3.68. The van der Waals surface area contributed by atoms with E-state index in [-0.39, 0.29) is 11.9 Å². The van der Waals surface area contributed by atoms with Crippen LogP contribution in [0.5, 0.6) is 11.5 Å². The van der Waals surface area contributed by atoms with E-state index in [1.807, 2.05) is 66.4 Å². The SMILES string of the molecule is CC(Nc1ccc(Oc2ccccc2)cc1)C(=O)N1CCCC1. The fourth-order valence-electron chi connectivity index (χ4n) is 2.77. The number of benzene rings is 2. The van der Waals surface area contributed by atoms with Gasteiger partial charge in [-0.15, -0.1) is 0 Å². The summed E-state index contributed by atoms with van der Waals surface area (Å²) in [5.74, 6) is 1.76. The summed E-state index contributed by atoms with van der Waals surface area (Å²) < 4.78 is 5.76. The minimum atomic E-state index is -0.214. The lowest BCUT2D eigenvalue weighted by Crippen LogP contribution is -2.39. The van der Waals surface area contributed by atoms with E-state index in [1.165, 1.54) is 0 Å². The van der Waals surface area contributed by atoms with Crippen LogP contribution in [0.4, 0.5) is 5.69 Å². The number of carbonyl (C=O) groups excluding carboxylic acids is 1. The molecule has 2 aromatic carbocycles. The monoisotopic (exact) mass is 310 g/mol. The second-order valence-corrected chi connectivity index (χ2v) is 5.84. The molecule has 1 aliphatic heterocycles. The summed E-state index contributed by atoms with van der Waals surface area (Å²) in [5.41, 5.74) is 0.922. The number of anilines is 1. The van der Waals surface area contributed by atoms with Crippen LogP contribution in [0.25, 0.3) is 0 Å². The Kier molecular flexibility index (Phi) is 4.81. The molecule has 0 bridgehead atoms. The van der Waals surface area contributed by atoms with Gasteiger partial charge in [0.25, 0.3) is 0 Å². The van der Waals surface area contributed by atoms with Crippen LogP contribution in [0, 0.1) is 0 Å². The van der Waals surface area contributed by atoms with E-state index in [4.69, 9.17) is 4.74 Å². The van der Waals surface area contributed by atoms with E-state index in [0.717, 1.165) is 43.1 Å². The molecule has 23 heavy (non-hydrogen) atoms. The van der Waals surface area contributed by atoms with Crippen LogP contribution in [0.2, 0.25) is 0 Å². The number of rotatable bonds is 5. The van der Waals surface area contributed by atoms with Gasteiger partial charge < -0.3 is 15.0 Å². The van der Waals surface area contributed by atoms with Crippen LogP contribution in [-0.2, 0) is 4.79 Å². The molecule has 2 aromatic rings. The van der Waals surface area contributed by atoms with Gasteiger partial charge in [0.2, 0.25) is 5.91 Å². The highest BCUT2D eigenvalue weighted by atomic mass is 16.5. The molecule has 1 N–H and O–H groups in total. The summed E-state index contributed by atoms with van der Waals surface area (Å²) in [6, 6.07) is 17.1. The van der Waals surface area contributed by atoms with Crippen LogP contribution in [0.3, 0.4) is 0 Å². The molecule has 4 nitrogen and oxygen atoms in total. The summed E-state index contributed by atoms with van der Waals surface area (Å²) in [5, 5.41) is 3.26. The minimum Gasteiger partial charge on any atom is -0.457 e. The van der Waals surface area contributed by atoms with Gasteiger partial charge in [-0.3, -0.25) is 4.79 Å². The fraction of sp³-hybridized carbons (Fsp3) is 0.316. The van der Waals surface area contributed by atoms with Crippen LogP contribution >= 0.6 is 0 Å². The van der Waals surface area contributed by atoms with Crippen molar-refractivity contribution in [1.82, 2.24) is 4.90 Å². The zero-order valence-corrected chi connectivity index (χ0v) is 13.4. The highest BCUT2D eigenvalue weighted by Gasteiger charge is 2.22. The molecule has 3 rings (SSSR count). The molecule has 1 heterocycles. The second-order valence-electron chi connectivity index (χ2n) is 5.84. The van der Waals surface area contributed by atoms with Gasteiger partial charge in [0, 0.05) is 18.8 Å². The van der Waals surface area contributed by atoms with E-state index in [1.54, 1.807) is 0 Å². The number of hydrogen-bond acceptors (Lipinski definition) is 3. The summed E-state index contributed by atoms with van der Waals surface area (Å²) >= 11 is 0. The molecule has 1 fully saturated rings. The summed E-state index contributed by atoms with van der Waals surface area (Å²) in [6.07, 6.45) is 2.23. The molecule has 120 valence electrons. The number of likely N-dealkylation sites (tertiary alicyclic amines) is 1. The van der Waals surface area contributed by atoms with Crippen molar-refractivity contribution in [3.05, 3.63) is 54.6 Å². The highest BCUT2D eigenvalue weighted by molar-refractivity contribution is 5.84. The molecule has 1 saturated heterocycles. The van der Waals surface area contributed by atoms with E-state index >= 15 is 0 Å². The Hall–Kier alpha value is -2.49. The van der Waals surface area contributed by atoms with Crippen LogP contribution in [-0.4, -0.2) is 29.9 Å². The second kappa shape index (κ2) is 7.18. The summed E-state index contributed by atoms with van der Waals surface area (Å²) in [7, 11) is 0. The average molecular weight is 310 g/mol. The predicted molar refractivity (Wildman–Crippen MR) is 91.9 cm³/mol. The van der Waals surface area contributed by atoms with Crippen molar-refractivity contribution in [3.8, 4) is 11.5 Å². The van der Waals surface area contributed by atoms with Gasteiger partial charge in [-0.2, -0.15) is 0 Å². The third kappa shape index (κ3) is 4.03. The summed E-state index contributed by atoms with van der Waals surface area (Å²) in [4.78, 5) is 14.2. The molecule has 0 saturated carbocycles. The molecule has 1 amide bonds. The molecule has 4 heteroatoms. The Morgan fingerprint density at radius 3 is 2.26 bits per heavy atom. The number of hydrogen-bond donors (Lipinski definition) is 1. The number of ether oxygens (including phenoxy) is 1. The quantitative estimate of drug-likeness (QED) is 0.910. The maximum atomic E-state index is 12.3. The first-order valence-electron chi connectivity index (χ1n) is 8.11. The first-order chi connectivity index (χ1) is 11.2. The Bertz CT molecular complexity index is 634. The van der Waals surface area contributed by atoms with Gasteiger partial charge >= 0.3 is 0 Å². The maximum Gasteiger partial charge on any atom is 0.244 e. The van der Waals surface area contributed by atoms with E-state index in [2.05, 4.69) is 5.32 Å². The van der Waals surface area contributed by atoms with Crippen molar-refractivity contribution >= 4 is 11.6 Å². The van der Waals surface area contributed by atoms with E-state index < -0.39 is 0 Å². The van der Waals surface area contributed by atoms with E-state index in [9.17, 15) is 4.79 Å².